The van der Waals surface area contributed by atoms with Crippen LogP contribution in [0.2, 0.25) is 0 Å². The van der Waals surface area contributed by atoms with Crippen LogP contribution in [-0.2, 0) is 0 Å². The fourth-order valence-corrected chi connectivity index (χ4v) is 3.26. The molecule has 8 nitrogen and oxygen atoms in total. The maximum Gasteiger partial charge on any atom is 0.187 e. The maximum absolute atomic E-state index is 12.4. The molecule has 3 aromatic rings. The molecule has 36 heavy (non-hydrogen) atoms. The van der Waals surface area contributed by atoms with E-state index in [0.29, 0.717) is 34.1 Å². The quantitative estimate of drug-likeness (QED) is 0.261. The lowest BCUT2D eigenvalue weighted by atomic mass is 10.1. The Bertz CT molecular complexity index is 1170. The summed E-state index contributed by atoms with van der Waals surface area (Å²) in [6.45, 7) is 0. The lowest BCUT2D eigenvalue weighted by Gasteiger charge is -2.08. The molecule has 3 rings (SSSR count). The number of ketones is 2. The first-order valence-corrected chi connectivity index (χ1v) is 11.0. The zero-order valence-electron chi connectivity index (χ0n) is 20.5. The second kappa shape index (κ2) is 12.7. The summed E-state index contributed by atoms with van der Waals surface area (Å²) < 4.78 is 20.9. The van der Waals surface area contributed by atoms with Crippen LogP contribution in [0.25, 0.3) is 0 Å². The van der Waals surface area contributed by atoms with Gasteiger partial charge in [-0.15, -0.1) is 0 Å². The first kappa shape index (κ1) is 25.9. The maximum atomic E-state index is 12.4. The van der Waals surface area contributed by atoms with Crippen LogP contribution in [0, 0.1) is 0 Å². The average Bonchev–Trinajstić information content (AvgIpc) is 2.92. The first-order valence-electron chi connectivity index (χ1n) is 11.0. The van der Waals surface area contributed by atoms with Crippen molar-refractivity contribution in [1.82, 2.24) is 0 Å². The van der Waals surface area contributed by atoms with Gasteiger partial charge in [0.1, 0.15) is 0 Å². The van der Waals surface area contributed by atoms with Crippen molar-refractivity contribution in [2.24, 2.45) is 0 Å². The van der Waals surface area contributed by atoms with E-state index in [2.05, 4.69) is 10.6 Å². The number of methoxy groups -OCH3 is 4. The normalized spacial score (nSPS) is 10.8. The van der Waals surface area contributed by atoms with Gasteiger partial charge in [-0.3, -0.25) is 9.59 Å². The van der Waals surface area contributed by atoms with Crippen molar-refractivity contribution < 1.29 is 28.5 Å². The Balaban J connectivity index is 1.53. The van der Waals surface area contributed by atoms with E-state index in [9.17, 15) is 9.59 Å². The molecular weight excluding hydrogens is 460 g/mol. The number of hydrogen-bond donors (Lipinski definition) is 2. The highest BCUT2D eigenvalue weighted by Gasteiger charge is 2.09. The van der Waals surface area contributed by atoms with Gasteiger partial charge < -0.3 is 29.6 Å². The second-order valence-corrected chi connectivity index (χ2v) is 7.40. The summed E-state index contributed by atoms with van der Waals surface area (Å²) in [5, 5.41) is 6.12. The molecule has 8 heteroatoms. The number of nitrogens with one attached hydrogen (secondary N) is 2. The largest absolute Gasteiger partial charge is 0.493 e. The minimum absolute atomic E-state index is 0.175. The third kappa shape index (κ3) is 6.66. The predicted octanol–water partition coefficient (Wildman–Crippen LogP) is 5.34. The second-order valence-electron chi connectivity index (χ2n) is 7.40. The molecule has 0 aliphatic heterocycles. The van der Waals surface area contributed by atoms with Gasteiger partial charge in [-0.25, -0.2) is 0 Å². The molecule has 0 saturated heterocycles. The summed E-state index contributed by atoms with van der Waals surface area (Å²) in [6, 6.07) is 17.4. The molecule has 0 aromatic heterocycles. The van der Waals surface area contributed by atoms with Crippen LogP contribution >= 0.6 is 0 Å². The van der Waals surface area contributed by atoms with Gasteiger partial charge in [0.2, 0.25) is 0 Å². The highest BCUT2D eigenvalue weighted by atomic mass is 16.5. The number of anilines is 2. The van der Waals surface area contributed by atoms with Crippen molar-refractivity contribution in [3.05, 3.63) is 96.3 Å². The van der Waals surface area contributed by atoms with E-state index in [-0.39, 0.29) is 11.6 Å². The summed E-state index contributed by atoms with van der Waals surface area (Å²) in [5.74, 6) is 1.76. The summed E-state index contributed by atoms with van der Waals surface area (Å²) in [5.41, 5.74) is 2.56. The summed E-state index contributed by atoms with van der Waals surface area (Å²) >= 11 is 0. The molecule has 0 aliphatic rings. The van der Waals surface area contributed by atoms with Gasteiger partial charge in [0, 0.05) is 47.1 Å². The number of carbonyl (C=O) groups excluding carboxylic acids is 2. The van der Waals surface area contributed by atoms with Crippen molar-refractivity contribution >= 4 is 22.9 Å². The topological polar surface area (TPSA) is 95.1 Å². The molecule has 0 atom stereocenters. The van der Waals surface area contributed by atoms with Crippen LogP contribution in [0.5, 0.6) is 23.0 Å². The van der Waals surface area contributed by atoms with Gasteiger partial charge in [-0.1, -0.05) is 0 Å². The Kier molecular flexibility index (Phi) is 9.11. The first-order chi connectivity index (χ1) is 17.5. The fraction of sp³-hybridized carbons (Fsp3) is 0.143. The molecular formula is C28H28N2O6. The van der Waals surface area contributed by atoms with Crippen molar-refractivity contribution in [1.29, 1.82) is 0 Å². The molecule has 0 fully saturated rings. The van der Waals surface area contributed by atoms with Gasteiger partial charge >= 0.3 is 0 Å². The van der Waals surface area contributed by atoms with E-state index >= 15 is 0 Å². The number of allylic oxidation sites excluding steroid dienone is 2. The monoisotopic (exact) mass is 488 g/mol. The molecule has 186 valence electrons. The Labute approximate surface area is 210 Å². The van der Waals surface area contributed by atoms with Crippen LogP contribution in [0.1, 0.15) is 20.7 Å². The van der Waals surface area contributed by atoms with Gasteiger partial charge in [-0.2, -0.15) is 0 Å². The zero-order chi connectivity index (χ0) is 25.9. The van der Waals surface area contributed by atoms with Gasteiger partial charge in [-0.05, 0) is 60.7 Å². The smallest absolute Gasteiger partial charge is 0.187 e. The molecule has 3 aromatic carbocycles. The average molecular weight is 489 g/mol. The standard InChI is InChI=1S/C28H28N2O6/c1-33-25-11-5-19(17-27(25)35-3)23(31)13-15-29-21-7-9-22(10-8-21)30-16-14-24(32)20-6-12-26(34-2)28(18-20)36-4/h5-18,29-30H,1-4H3/b15-13+,16-14+. The molecule has 0 spiro atoms. The number of ether oxygens (including phenoxy) is 4. The van der Waals surface area contributed by atoms with Crippen LogP contribution in [0.3, 0.4) is 0 Å². The Morgan fingerprint density at radius 3 is 1.25 bits per heavy atom. The van der Waals surface area contributed by atoms with Crippen LogP contribution in [-0.4, -0.2) is 40.0 Å². The number of hydrogen-bond acceptors (Lipinski definition) is 8. The Morgan fingerprint density at radius 1 is 0.556 bits per heavy atom. The number of benzene rings is 3. The number of carbonyl (C=O) groups is 2. The predicted molar refractivity (Wildman–Crippen MR) is 140 cm³/mol. The van der Waals surface area contributed by atoms with Crippen LogP contribution in [0.15, 0.2) is 85.2 Å². The van der Waals surface area contributed by atoms with Crippen LogP contribution in [0.4, 0.5) is 11.4 Å². The molecule has 0 saturated carbocycles. The minimum atomic E-state index is -0.175. The van der Waals surface area contributed by atoms with Crippen molar-refractivity contribution in [2.45, 2.75) is 0 Å². The van der Waals surface area contributed by atoms with Gasteiger partial charge in [0.15, 0.2) is 34.6 Å². The van der Waals surface area contributed by atoms with Gasteiger partial charge in [0.05, 0.1) is 28.4 Å². The fourth-order valence-electron chi connectivity index (χ4n) is 3.26. The lowest BCUT2D eigenvalue weighted by Crippen LogP contribution is -1.99. The van der Waals surface area contributed by atoms with E-state index in [4.69, 9.17) is 18.9 Å². The van der Waals surface area contributed by atoms with E-state index in [1.54, 1.807) is 63.0 Å². The molecule has 0 amide bonds. The summed E-state index contributed by atoms with van der Waals surface area (Å²) in [7, 11) is 6.13. The molecule has 0 radical (unpaired) electrons. The van der Waals surface area contributed by atoms with E-state index < -0.39 is 0 Å². The minimum Gasteiger partial charge on any atom is -0.493 e. The van der Waals surface area contributed by atoms with Crippen molar-refractivity contribution in [3.8, 4) is 23.0 Å². The van der Waals surface area contributed by atoms with Crippen molar-refractivity contribution in [2.75, 3.05) is 39.1 Å². The third-order valence-electron chi connectivity index (χ3n) is 5.19. The summed E-state index contributed by atoms with van der Waals surface area (Å²) in [6.07, 6.45) is 6.03. The lowest BCUT2D eigenvalue weighted by molar-refractivity contribution is 0.103. The molecule has 0 unspecified atom stereocenters. The molecule has 0 bridgehead atoms. The van der Waals surface area contributed by atoms with Crippen molar-refractivity contribution in [3.63, 3.8) is 0 Å². The van der Waals surface area contributed by atoms with E-state index in [1.165, 1.54) is 26.4 Å². The van der Waals surface area contributed by atoms with E-state index in [0.717, 1.165) is 11.4 Å². The van der Waals surface area contributed by atoms with Crippen LogP contribution < -0.4 is 29.6 Å². The SMILES string of the molecule is COc1ccc(C(=O)/C=C/Nc2ccc(N/C=C/C(=O)c3ccc(OC)c(OC)c3)cc2)cc1OC. The highest BCUT2D eigenvalue weighted by molar-refractivity contribution is 6.05. The zero-order valence-corrected chi connectivity index (χ0v) is 20.5. The highest BCUT2D eigenvalue weighted by Crippen LogP contribution is 2.28. The Hall–Kier alpha value is -4.72. The molecule has 2 N–H and O–H groups in total. The molecule has 0 aliphatic carbocycles. The Morgan fingerprint density at radius 2 is 0.917 bits per heavy atom. The number of rotatable bonds is 12. The van der Waals surface area contributed by atoms with E-state index in [1.807, 2.05) is 24.3 Å². The molecule has 0 heterocycles. The third-order valence-corrected chi connectivity index (χ3v) is 5.19. The van der Waals surface area contributed by atoms with Gasteiger partial charge in [0.25, 0.3) is 0 Å². The summed E-state index contributed by atoms with van der Waals surface area (Å²) in [4.78, 5) is 24.8.